The van der Waals surface area contributed by atoms with Crippen LogP contribution in [-0.4, -0.2) is 16.3 Å². The number of aliphatic hydroxyl groups is 1. The number of aromatic nitrogens is 1. The average molecular weight is 210 g/mol. The molecule has 0 aliphatic heterocycles. The van der Waals surface area contributed by atoms with E-state index in [4.69, 9.17) is 5.73 Å². The zero-order chi connectivity index (χ0) is 10.9. The highest BCUT2D eigenvalue weighted by atomic mass is 19.4. The summed E-state index contributed by atoms with van der Waals surface area (Å²) < 4.78 is 40.9. The van der Waals surface area contributed by atoms with Crippen molar-refractivity contribution >= 4 is 0 Å². The number of halogens is 3. The van der Waals surface area contributed by atoms with Crippen molar-refractivity contribution < 1.29 is 22.8 Å². The second-order valence-electron chi connectivity index (χ2n) is 2.92. The fourth-order valence-electron chi connectivity index (χ4n) is 0.953. The molecule has 0 amide bonds. The SMILES string of the molecule is CC(N)C(O)c1conc1C(F)(F)F. The van der Waals surface area contributed by atoms with Crippen molar-refractivity contribution in [3.63, 3.8) is 0 Å². The Morgan fingerprint density at radius 2 is 2.14 bits per heavy atom. The van der Waals surface area contributed by atoms with Gasteiger partial charge in [-0.1, -0.05) is 5.16 Å². The van der Waals surface area contributed by atoms with E-state index < -0.39 is 29.6 Å². The highest BCUT2D eigenvalue weighted by molar-refractivity contribution is 5.21. The van der Waals surface area contributed by atoms with Gasteiger partial charge in [-0.2, -0.15) is 13.2 Å². The third kappa shape index (κ3) is 2.05. The van der Waals surface area contributed by atoms with E-state index in [1.807, 2.05) is 0 Å². The van der Waals surface area contributed by atoms with Gasteiger partial charge < -0.3 is 15.4 Å². The second-order valence-corrected chi connectivity index (χ2v) is 2.92. The van der Waals surface area contributed by atoms with Crippen LogP contribution in [-0.2, 0) is 6.18 Å². The van der Waals surface area contributed by atoms with Gasteiger partial charge in [-0.3, -0.25) is 0 Å². The quantitative estimate of drug-likeness (QED) is 0.765. The van der Waals surface area contributed by atoms with E-state index in [2.05, 4.69) is 9.68 Å². The summed E-state index contributed by atoms with van der Waals surface area (Å²) in [7, 11) is 0. The average Bonchev–Trinajstić information content (AvgIpc) is 2.48. The molecule has 1 rings (SSSR count). The Labute approximate surface area is 77.5 Å². The summed E-state index contributed by atoms with van der Waals surface area (Å²) in [6.45, 7) is 1.39. The molecule has 0 saturated heterocycles. The molecule has 1 heterocycles. The first kappa shape index (κ1) is 11.0. The van der Waals surface area contributed by atoms with Crippen LogP contribution in [0.25, 0.3) is 0 Å². The standard InChI is InChI=1S/C7H9F3N2O2/c1-3(11)5(13)4-2-14-12-6(4)7(8,9)10/h2-3,5,13H,11H2,1H3. The number of nitrogens with zero attached hydrogens (tertiary/aromatic N) is 1. The fraction of sp³-hybridized carbons (Fsp3) is 0.571. The smallest absolute Gasteiger partial charge is 0.387 e. The van der Waals surface area contributed by atoms with Crippen molar-refractivity contribution in [3.05, 3.63) is 17.5 Å². The third-order valence-corrected chi connectivity index (χ3v) is 1.68. The Hall–Kier alpha value is -1.08. The maximum absolute atomic E-state index is 12.2. The van der Waals surface area contributed by atoms with Gasteiger partial charge in [0.1, 0.15) is 6.26 Å². The normalized spacial score (nSPS) is 16.7. The molecule has 2 atom stereocenters. The molecule has 0 aromatic carbocycles. The van der Waals surface area contributed by atoms with Gasteiger partial charge in [-0.05, 0) is 6.92 Å². The molecule has 2 unspecified atom stereocenters. The largest absolute Gasteiger partial charge is 0.437 e. The van der Waals surface area contributed by atoms with Crippen molar-refractivity contribution in [3.8, 4) is 0 Å². The van der Waals surface area contributed by atoms with Gasteiger partial charge in [0.15, 0.2) is 5.69 Å². The van der Waals surface area contributed by atoms with Crippen molar-refractivity contribution in [2.24, 2.45) is 5.73 Å². The Kier molecular flexibility index (Phi) is 2.81. The molecule has 1 aromatic rings. The molecule has 3 N–H and O–H groups in total. The first-order chi connectivity index (χ1) is 6.34. The van der Waals surface area contributed by atoms with Gasteiger partial charge in [0.25, 0.3) is 0 Å². The van der Waals surface area contributed by atoms with Gasteiger partial charge >= 0.3 is 6.18 Å². The number of rotatable bonds is 2. The number of aliphatic hydroxyl groups excluding tert-OH is 1. The van der Waals surface area contributed by atoms with E-state index in [0.29, 0.717) is 0 Å². The van der Waals surface area contributed by atoms with Crippen LogP contribution >= 0.6 is 0 Å². The van der Waals surface area contributed by atoms with Crippen LogP contribution in [0.1, 0.15) is 24.3 Å². The monoisotopic (exact) mass is 210 g/mol. The molecule has 0 aliphatic carbocycles. The molecule has 0 bridgehead atoms. The molecule has 1 aromatic heterocycles. The van der Waals surface area contributed by atoms with Crippen molar-refractivity contribution in [1.29, 1.82) is 0 Å². The molecule has 80 valence electrons. The Bertz CT molecular complexity index is 308. The molecule has 7 heteroatoms. The topological polar surface area (TPSA) is 72.3 Å². The summed E-state index contributed by atoms with van der Waals surface area (Å²) in [6.07, 6.45) is -5.33. The zero-order valence-corrected chi connectivity index (χ0v) is 7.25. The van der Waals surface area contributed by atoms with Crippen molar-refractivity contribution in [2.45, 2.75) is 25.2 Å². The van der Waals surface area contributed by atoms with Crippen LogP contribution in [0.15, 0.2) is 10.8 Å². The summed E-state index contributed by atoms with van der Waals surface area (Å²) in [4.78, 5) is 0. The molecule has 0 aliphatic rings. The number of alkyl halides is 3. The van der Waals surface area contributed by atoms with Crippen molar-refractivity contribution in [1.82, 2.24) is 5.16 Å². The van der Waals surface area contributed by atoms with Gasteiger partial charge in [-0.15, -0.1) is 0 Å². The van der Waals surface area contributed by atoms with Crippen LogP contribution in [0, 0.1) is 0 Å². The maximum atomic E-state index is 12.2. The lowest BCUT2D eigenvalue weighted by atomic mass is 10.1. The van der Waals surface area contributed by atoms with Crippen LogP contribution in [0.5, 0.6) is 0 Å². The van der Waals surface area contributed by atoms with Crippen LogP contribution < -0.4 is 5.73 Å². The minimum atomic E-state index is -4.64. The van der Waals surface area contributed by atoms with Crippen LogP contribution in [0.2, 0.25) is 0 Å². The van der Waals surface area contributed by atoms with E-state index in [0.717, 1.165) is 6.26 Å². The molecule has 0 spiro atoms. The van der Waals surface area contributed by atoms with E-state index >= 15 is 0 Å². The Morgan fingerprint density at radius 3 is 2.57 bits per heavy atom. The number of hydrogen-bond donors (Lipinski definition) is 2. The highest BCUT2D eigenvalue weighted by Gasteiger charge is 2.39. The molecule has 0 fully saturated rings. The lowest BCUT2D eigenvalue weighted by Gasteiger charge is -2.14. The summed E-state index contributed by atoms with van der Waals surface area (Å²) in [5.74, 6) is 0. The van der Waals surface area contributed by atoms with Gasteiger partial charge in [0.2, 0.25) is 0 Å². The molecule has 4 nitrogen and oxygen atoms in total. The highest BCUT2D eigenvalue weighted by Crippen LogP contribution is 2.33. The third-order valence-electron chi connectivity index (χ3n) is 1.68. The lowest BCUT2D eigenvalue weighted by Crippen LogP contribution is -2.26. The van der Waals surface area contributed by atoms with Gasteiger partial charge in [0.05, 0.1) is 11.7 Å². The van der Waals surface area contributed by atoms with E-state index in [1.165, 1.54) is 6.92 Å². The summed E-state index contributed by atoms with van der Waals surface area (Å²) >= 11 is 0. The summed E-state index contributed by atoms with van der Waals surface area (Å²) in [6, 6.07) is -0.824. The zero-order valence-electron chi connectivity index (χ0n) is 7.25. The van der Waals surface area contributed by atoms with Gasteiger partial charge in [0, 0.05) is 6.04 Å². The van der Waals surface area contributed by atoms with E-state index in [1.54, 1.807) is 0 Å². The lowest BCUT2D eigenvalue weighted by molar-refractivity contribution is -0.144. The first-order valence-corrected chi connectivity index (χ1v) is 3.79. The maximum Gasteiger partial charge on any atom is 0.437 e. The number of hydrogen-bond acceptors (Lipinski definition) is 4. The molecule has 0 saturated carbocycles. The van der Waals surface area contributed by atoms with E-state index in [9.17, 15) is 18.3 Å². The molecule has 0 radical (unpaired) electrons. The molecular formula is C7H9F3N2O2. The van der Waals surface area contributed by atoms with Crippen LogP contribution in [0.3, 0.4) is 0 Å². The van der Waals surface area contributed by atoms with Crippen molar-refractivity contribution in [2.75, 3.05) is 0 Å². The first-order valence-electron chi connectivity index (χ1n) is 3.79. The predicted molar refractivity (Wildman–Crippen MR) is 40.1 cm³/mol. The van der Waals surface area contributed by atoms with Gasteiger partial charge in [-0.25, -0.2) is 0 Å². The summed E-state index contributed by atoms with van der Waals surface area (Å²) in [5, 5.41) is 12.1. The second kappa shape index (κ2) is 3.58. The minimum absolute atomic E-state index is 0.437. The molecular weight excluding hydrogens is 201 g/mol. The predicted octanol–water partition coefficient (Wildman–Crippen LogP) is 1.07. The van der Waals surface area contributed by atoms with E-state index in [-0.39, 0.29) is 0 Å². The Morgan fingerprint density at radius 1 is 1.57 bits per heavy atom. The fourth-order valence-corrected chi connectivity index (χ4v) is 0.953. The Balaban J connectivity index is 3.05. The summed E-state index contributed by atoms with van der Waals surface area (Å²) in [5.41, 5.74) is 3.58. The number of nitrogens with two attached hydrogens (primary N) is 1. The molecule has 14 heavy (non-hydrogen) atoms. The minimum Gasteiger partial charge on any atom is -0.387 e. The van der Waals surface area contributed by atoms with Crippen LogP contribution in [0.4, 0.5) is 13.2 Å².